The third-order valence-corrected chi connectivity index (χ3v) is 8.62. The van der Waals surface area contributed by atoms with Gasteiger partial charge in [0.05, 0.1) is 10.7 Å². The summed E-state index contributed by atoms with van der Waals surface area (Å²) in [7, 11) is 1.54. The summed E-state index contributed by atoms with van der Waals surface area (Å²) in [6.45, 7) is 10.0. The van der Waals surface area contributed by atoms with E-state index in [9.17, 15) is 14.4 Å². The molecule has 0 atom stereocenters. The molecule has 1 amide bonds. The molecule has 2 aromatic rings. The molecule has 0 unspecified atom stereocenters. The first-order valence-electron chi connectivity index (χ1n) is 13.8. The van der Waals surface area contributed by atoms with Crippen molar-refractivity contribution in [1.29, 1.82) is 0 Å². The number of carbonyl (C=O) groups excluding carboxylic acids is 3. The maximum Gasteiger partial charge on any atom is 0.262 e. The number of methoxy groups -OCH3 is 1. The zero-order chi connectivity index (χ0) is 29.7. The third kappa shape index (κ3) is 6.08. The minimum atomic E-state index is -0.540. The number of ketones is 2. The number of anilines is 1. The van der Waals surface area contributed by atoms with Gasteiger partial charge < -0.3 is 19.5 Å². The summed E-state index contributed by atoms with van der Waals surface area (Å²) < 4.78 is 18.8. The number of nitrogens with one attached hydrogen (secondary N) is 1. The van der Waals surface area contributed by atoms with Crippen LogP contribution in [-0.4, -0.2) is 31.2 Å². The van der Waals surface area contributed by atoms with Gasteiger partial charge in [-0.3, -0.25) is 14.4 Å². The van der Waals surface area contributed by atoms with Gasteiger partial charge in [0.25, 0.3) is 5.91 Å². The van der Waals surface area contributed by atoms with Crippen LogP contribution in [0.1, 0.15) is 70.4 Å². The zero-order valence-corrected chi connectivity index (χ0v) is 26.6. The lowest BCUT2D eigenvalue weighted by atomic mass is 9.65. The molecule has 0 fully saturated rings. The topological polar surface area (TPSA) is 90.9 Å². The molecule has 0 aromatic heterocycles. The van der Waals surface area contributed by atoms with Gasteiger partial charge in [-0.25, -0.2) is 0 Å². The second-order valence-corrected chi connectivity index (χ2v) is 14.0. The van der Waals surface area contributed by atoms with Gasteiger partial charge in [0, 0.05) is 48.4 Å². The largest absolute Gasteiger partial charge is 0.493 e. The molecule has 1 N–H and O–H groups in total. The number of Topliss-reactive ketones (excluding diaryl/α,β-unsaturated/α-hetero) is 2. The molecule has 1 aliphatic heterocycles. The van der Waals surface area contributed by atoms with Crippen molar-refractivity contribution in [2.75, 3.05) is 19.0 Å². The molecule has 0 spiro atoms. The fourth-order valence-electron chi connectivity index (χ4n) is 6.11. The second kappa shape index (κ2) is 10.9. The Labute approximate surface area is 254 Å². The van der Waals surface area contributed by atoms with Gasteiger partial charge in [0.1, 0.15) is 11.5 Å². The normalized spacial score (nSPS) is 19.8. The van der Waals surface area contributed by atoms with Crippen molar-refractivity contribution in [3.63, 3.8) is 0 Å². The Balaban J connectivity index is 1.50. The van der Waals surface area contributed by atoms with Crippen LogP contribution in [0.25, 0.3) is 0 Å². The number of rotatable bonds is 6. The summed E-state index contributed by atoms with van der Waals surface area (Å²) >= 11 is 2.15. The molecule has 7 nitrogen and oxygen atoms in total. The van der Waals surface area contributed by atoms with Crippen LogP contribution in [0, 0.1) is 21.3 Å². The highest BCUT2D eigenvalue weighted by Gasteiger charge is 2.48. The van der Waals surface area contributed by atoms with E-state index in [4.69, 9.17) is 14.2 Å². The van der Waals surface area contributed by atoms with Crippen LogP contribution in [0.4, 0.5) is 5.69 Å². The van der Waals surface area contributed by atoms with Gasteiger partial charge in [0.2, 0.25) is 0 Å². The van der Waals surface area contributed by atoms with Crippen LogP contribution in [0.5, 0.6) is 11.5 Å². The van der Waals surface area contributed by atoms with Crippen molar-refractivity contribution >= 4 is 45.8 Å². The van der Waals surface area contributed by atoms with Gasteiger partial charge in [-0.05, 0) is 75.7 Å². The van der Waals surface area contributed by atoms with Gasteiger partial charge in [-0.1, -0.05) is 39.8 Å². The fraction of sp³-hybridized carbons (Fsp3) is 0.424. The number of hydrogen-bond donors (Lipinski definition) is 1. The summed E-state index contributed by atoms with van der Waals surface area (Å²) in [5.74, 6) is 1.38. The average Bonchev–Trinajstić information content (AvgIpc) is 2.84. The molecule has 0 bridgehead atoms. The molecule has 216 valence electrons. The SMILES string of the molecule is COc1cc(C2C3=C(CC(C)(C)CC3=O)OC3=C2C(=O)CC(C)(C)C3)cc(I)c1OCC(=O)Nc1cccc(C)c1. The minimum absolute atomic E-state index is 0.00700. The number of aryl methyl sites for hydroxylation is 1. The summed E-state index contributed by atoms with van der Waals surface area (Å²) in [5, 5.41) is 2.85. The second-order valence-electron chi connectivity index (χ2n) is 12.8. The Morgan fingerprint density at radius 2 is 1.59 bits per heavy atom. The maximum absolute atomic E-state index is 13.6. The van der Waals surface area contributed by atoms with Gasteiger partial charge in [-0.2, -0.15) is 0 Å². The first-order valence-corrected chi connectivity index (χ1v) is 14.9. The first kappa shape index (κ1) is 29.4. The van der Waals surface area contributed by atoms with E-state index in [1.165, 1.54) is 7.11 Å². The molecule has 2 aliphatic carbocycles. The predicted molar refractivity (Wildman–Crippen MR) is 165 cm³/mol. The Morgan fingerprint density at radius 3 is 2.15 bits per heavy atom. The molecule has 8 heteroatoms. The van der Waals surface area contributed by atoms with Crippen LogP contribution in [-0.2, 0) is 19.1 Å². The summed E-state index contributed by atoms with van der Waals surface area (Å²) in [6, 6.07) is 11.3. The van der Waals surface area contributed by atoms with E-state index in [2.05, 4.69) is 55.6 Å². The molecule has 2 aromatic carbocycles. The first-order chi connectivity index (χ1) is 19.3. The van der Waals surface area contributed by atoms with E-state index in [1.54, 1.807) is 0 Å². The molecular formula is C33H36INO6. The predicted octanol–water partition coefficient (Wildman–Crippen LogP) is 7.03. The number of ether oxygens (including phenoxy) is 3. The minimum Gasteiger partial charge on any atom is -0.493 e. The van der Waals surface area contributed by atoms with Crippen molar-refractivity contribution in [1.82, 2.24) is 0 Å². The van der Waals surface area contributed by atoms with Gasteiger partial charge in [0.15, 0.2) is 29.7 Å². The number of halogens is 1. The van der Waals surface area contributed by atoms with E-state index in [0.717, 1.165) is 11.1 Å². The molecule has 0 saturated carbocycles. The number of hydrogen-bond acceptors (Lipinski definition) is 6. The fourth-order valence-corrected chi connectivity index (χ4v) is 6.89. The monoisotopic (exact) mass is 669 g/mol. The lowest BCUT2D eigenvalue weighted by Gasteiger charge is -2.42. The summed E-state index contributed by atoms with van der Waals surface area (Å²) in [4.78, 5) is 39.9. The summed E-state index contributed by atoms with van der Waals surface area (Å²) in [5.41, 5.74) is 3.20. The van der Waals surface area contributed by atoms with Crippen LogP contribution in [0.3, 0.4) is 0 Å². The quantitative estimate of drug-likeness (QED) is 0.333. The highest BCUT2D eigenvalue weighted by atomic mass is 127. The lowest BCUT2D eigenvalue weighted by Crippen LogP contribution is -2.37. The van der Waals surface area contributed by atoms with Crippen LogP contribution in [0.15, 0.2) is 59.1 Å². The van der Waals surface area contributed by atoms with Crippen LogP contribution >= 0.6 is 22.6 Å². The Hall–Kier alpha value is -3.14. The Morgan fingerprint density at radius 1 is 0.976 bits per heavy atom. The molecule has 3 aliphatic rings. The van der Waals surface area contributed by atoms with E-state index >= 15 is 0 Å². The zero-order valence-electron chi connectivity index (χ0n) is 24.4. The van der Waals surface area contributed by atoms with E-state index < -0.39 is 5.92 Å². The molecule has 5 rings (SSSR count). The van der Waals surface area contributed by atoms with Crippen molar-refractivity contribution in [3.8, 4) is 11.5 Å². The van der Waals surface area contributed by atoms with Crippen LogP contribution < -0.4 is 14.8 Å². The molecule has 1 heterocycles. The number of amides is 1. The number of carbonyl (C=O) groups is 3. The molecular weight excluding hydrogens is 633 g/mol. The molecule has 0 saturated heterocycles. The van der Waals surface area contributed by atoms with Gasteiger partial charge in [-0.15, -0.1) is 0 Å². The van der Waals surface area contributed by atoms with E-state index in [1.807, 2.05) is 43.3 Å². The van der Waals surface area contributed by atoms with Crippen LogP contribution in [0.2, 0.25) is 0 Å². The number of benzene rings is 2. The van der Waals surface area contributed by atoms with Crippen molar-refractivity contribution in [3.05, 3.63) is 73.8 Å². The Bertz CT molecular complexity index is 1460. The highest BCUT2D eigenvalue weighted by molar-refractivity contribution is 14.1. The maximum atomic E-state index is 13.6. The van der Waals surface area contributed by atoms with Gasteiger partial charge >= 0.3 is 0 Å². The van der Waals surface area contributed by atoms with E-state index in [-0.39, 0.29) is 34.9 Å². The standard InChI is InChI=1S/C33H36INO6/c1-18-8-7-9-20(10-18)35-27(38)17-40-31-21(34)11-19(12-24(31)39-6)28-29-22(36)13-32(2,3)15-25(29)41-26-16-33(4,5)14-23(37)30(26)28/h7-12,28H,13-17H2,1-6H3,(H,35,38). The Kier molecular flexibility index (Phi) is 7.82. The average molecular weight is 670 g/mol. The third-order valence-electron chi connectivity index (χ3n) is 7.82. The van der Waals surface area contributed by atoms with Crippen molar-refractivity contribution in [2.45, 2.75) is 66.2 Å². The molecule has 41 heavy (non-hydrogen) atoms. The smallest absolute Gasteiger partial charge is 0.262 e. The highest BCUT2D eigenvalue weighted by Crippen LogP contribution is 2.54. The summed E-state index contributed by atoms with van der Waals surface area (Å²) in [6.07, 6.45) is 2.03. The number of allylic oxidation sites excluding steroid dienone is 4. The van der Waals surface area contributed by atoms with Crippen molar-refractivity contribution < 1.29 is 28.6 Å². The lowest BCUT2D eigenvalue weighted by molar-refractivity contribution is -0.120. The van der Waals surface area contributed by atoms with E-state index in [0.29, 0.717) is 69.1 Å². The molecule has 0 radical (unpaired) electrons. The van der Waals surface area contributed by atoms with Crippen molar-refractivity contribution in [2.24, 2.45) is 10.8 Å².